The molecule has 1 atom stereocenters. The number of amides is 3. The van der Waals surface area contributed by atoms with Crippen molar-refractivity contribution < 1.29 is 41.8 Å². The number of carbonyl (C=O) groups is 4. The zero-order valence-corrected chi connectivity index (χ0v) is 28.9. The van der Waals surface area contributed by atoms with Crippen molar-refractivity contribution in [3.8, 4) is 11.5 Å². The van der Waals surface area contributed by atoms with Crippen molar-refractivity contribution in [2.75, 3.05) is 64.1 Å². The first-order chi connectivity index (χ1) is 22.8. The van der Waals surface area contributed by atoms with E-state index in [1.165, 1.54) is 19.1 Å². The molecule has 3 amide bonds. The lowest BCUT2D eigenvalue weighted by Crippen LogP contribution is -2.46. The molecule has 2 aliphatic rings. The van der Waals surface area contributed by atoms with Gasteiger partial charge in [0.1, 0.15) is 0 Å². The van der Waals surface area contributed by atoms with Gasteiger partial charge in [0, 0.05) is 45.2 Å². The fourth-order valence-corrected chi connectivity index (χ4v) is 6.25. The minimum atomic E-state index is -3.48. The van der Waals surface area contributed by atoms with E-state index in [0.29, 0.717) is 41.5 Å². The van der Waals surface area contributed by atoms with Crippen molar-refractivity contribution in [3.63, 3.8) is 0 Å². The van der Waals surface area contributed by atoms with Crippen molar-refractivity contribution >= 4 is 39.4 Å². The van der Waals surface area contributed by atoms with E-state index in [2.05, 4.69) is 10.6 Å². The molecule has 48 heavy (non-hydrogen) atoms. The van der Waals surface area contributed by atoms with Crippen LogP contribution in [-0.4, -0.2) is 96.8 Å². The Hall–Kier alpha value is -4.33. The van der Waals surface area contributed by atoms with Gasteiger partial charge in [-0.25, -0.2) is 8.42 Å². The highest BCUT2D eigenvalue weighted by Crippen LogP contribution is 2.43. The van der Waals surface area contributed by atoms with Crippen molar-refractivity contribution in [1.29, 1.82) is 0 Å². The third-order valence-electron chi connectivity index (χ3n) is 8.64. The van der Waals surface area contributed by atoms with E-state index >= 15 is 0 Å². The minimum Gasteiger partial charge on any atom is -0.493 e. The molecule has 0 spiro atoms. The Kier molecular flexibility index (Phi) is 12.3. The number of anilines is 1. The Balaban J connectivity index is 1.58. The zero-order chi connectivity index (χ0) is 34.9. The van der Waals surface area contributed by atoms with Gasteiger partial charge in [-0.2, -0.15) is 0 Å². The molecule has 262 valence electrons. The predicted octanol–water partition coefficient (Wildman–Crippen LogP) is 2.53. The van der Waals surface area contributed by atoms with Crippen LogP contribution in [0, 0.1) is 11.3 Å². The fourth-order valence-electron chi connectivity index (χ4n) is 5.74. The Bertz CT molecular complexity index is 1580. The van der Waals surface area contributed by atoms with Gasteiger partial charge in [-0.05, 0) is 74.1 Å². The average molecular weight is 687 g/mol. The fraction of sp³-hybridized carbons (Fsp3) is 0.529. The van der Waals surface area contributed by atoms with Crippen LogP contribution in [0.25, 0.3) is 0 Å². The van der Waals surface area contributed by atoms with E-state index in [0.717, 1.165) is 29.0 Å². The van der Waals surface area contributed by atoms with Crippen LogP contribution in [0.4, 0.5) is 5.69 Å². The molecule has 1 unspecified atom stereocenters. The van der Waals surface area contributed by atoms with Crippen LogP contribution in [0.2, 0.25) is 0 Å². The van der Waals surface area contributed by atoms with E-state index in [1.807, 2.05) is 6.07 Å². The molecule has 1 saturated carbocycles. The van der Waals surface area contributed by atoms with Crippen molar-refractivity contribution in [1.82, 2.24) is 15.5 Å². The Morgan fingerprint density at radius 2 is 1.79 bits per heavy atom. The maximum atomic E-state index is 13.6. The van der Waals surface area contributed by atoms with E-state index in [1.54, 1.807) is 43.3 Å². The molecule has 2 N–H and O–H groups in total. The number of sulfonamides is 1. The molecule has 0 radical (unpaired) electrons. The van der Waals surface area contributed by atoms with Crippen molar-refractivity contribution in [2.24, 2.45) is 11.3 Å². The van der Waals surface area contributed by atoms with Crippen LogP contribution in [0.5, 0.6) is 11.5 Å². The smallest absolute Gasteiger partial charge is 0.314 e. The summed E-state index contributed by atoms with van der Waals surface area (Å²) in [6.45, 7) is 2.25. The van der Waals surface area contributed by atoms with Crippen LogP contribution in [0.1, 0.15) is 54.9 Å². The topological polar surface area (TPSA) is 161 Å². The number of methoxy groups -OCH3 is 1. The number of hydrogen-bond acceptors (Lipinski definition) is 9. The Morgan fingerprint density at radius 3 is 2.44 bits per heavy atom. The molecule has 1 fully saturated rings. The van der Waals surface area contributed by atoms with Gasteiger partial charge >= 0.3 is 5.97 Å². The molecule has 0 aromatic heterocycles. The van der Waals surface area contributed by atoms with E-state index in [9.17, 15) is 27.6 Å². The van der Waals surface area contributed by atoms with Gasteiger partial charge in [-0.15, -0.1) is 0 Å². The number of esters is 1. The summed E-state index contributed by atoms with van der Waals surface area (Å²) in [5, 5.41) is 5.76. The lowest BCUT2D eigenvalue weighted by molar-refractivity contribution is -0.156. The summed E-state index contributed by atoms with van der Waals surface area (Å²) in [4.78, 5) is 54.6. The highest BCUT2D eigenvalue weighted by atomic mass is 32.2. The number of ether oxygens (including phenoxy) is 3. The van der Waals surface area contributed by atoms with Gasteiger partial charge in [0.25, 0.3) is 11.8 Å². The maximum absolute atomic E-state index is 13.6. The van der Waals surface area contributed by atoms with Gasteiger partial charge in [0.05, 0.1) is 31.1 Å². The van der Waals surface area contributed by atoms with Gasteiger partial charge in [0.15, 0.2) is 18.1 Å². The molecule has 2 bridgehead atoms. The number of rotatable bonds is 8. The molecule has 2 aromatic carbocycles. The summed E-state index contributed by atoms with van der Waals surface area (Å²) in [6, 6.07) is 11.5. The molecule has 1 heterocycles. The minimum absolute atomic E-state index is 0.0860. The monoisotopic (exact) mass is 686 g/mol. The van der Waals surface area contributed by atoms with Gasteiger partial charge in [0.2, 0.25) is 15.9 Å². The summed E-state index contributed by atoms with van der Waals surface area (Å²) in [7, 11) is -0.557. The molecular weight excluding hydrogens is 640 g/mol. The number of benzene rings is 2. The summed E-state index contributed by atoms with van der Waals surface area (Å²) < 4.78 is 41.8. The molecule has 13 nitrogen and oxygen atoms in total. The van der Waals surface area contributed by atoms with Gasteiger partial charge < -0.3 is 29.7 Å². The maximum Gasteiger partial charge on any atom is 0.314 e. The highest BCUT2D eigenvalue weighted by Gasteiger charge is 2.45. The van der Waals surface area contributed by atoms with Crippen LogP contribution in [0.3, 0.4) is 0 Å². The summed E-state index contributed by atoms with van der Waals surface area (Å²) >= 11 is 0. The first-order valence-corrected chi connectivity index (χ1v) is 18.0. The predicted molar refractivity (Wildman–Crippen MR) is 179 cm³/mol. The molecular formula is C34H46N4O9S. The quantitative estimate of drug-likeness (QED) is 0.398. The first kappa shape index (κ1) is 36.5. The molecule has 14 heteroatoms. The SMILES string of the molecule is CCOC(=O)C1(CC2CC2)CNC(=O)CCCN(C(=O)c2ccc(N(C)S(C)(=O)=O)cc2)CCNC(=O)COc2cc(ccc2OC)C1. The standard InChI is InChI=1S/C34H46N4O9S/c1-5-46-33(42)34(20-24-8-9-24)21-25-10-15-28(45-3)29(19-25)47-22-31(40)35-16-18-38(17-6-7-30(39)36-23-34)32(41)26-11-13-27(14-12-26)37(2)48(4,43)44/h10-15,19,24H,5-9,16-18,20-23H2,1-4H3,(H,35,40)(H,36,39). The lowest BCUT2D eigenvalue weighted by atomic mass is 9.76. The third kappa shape index (κ3) is 9.85. The van der Waals surface area contributed by atoms with Gasteiger partial charge in [-0.3, -0.25) is 23.5 Å². The summed E-state index contributed by atoms with van der Waals surface area (Å²) in [5.74, 6) is -0.274. The van der Waals surface area contributed by atoms with Crippen LogP contribution < -0.4 is 24.4 Å². The second-order valence-electron chi connectivity index (χ2n) is 12.4. The second kappa shape index (κ2) is 16.2. The average Bonchev–Trinajstić information content (AvgIpc) is 3.88. The summed E-state index contributed by atoms with van der Waals surface area (Å²) in [5.41, 5.74) is 0.495. The van der Waals surface area contributed by atoms with Crippen molar-refractivity contribution in [2.45, 2.75) is 45.4 Å². The molecule has 1 aliphatic heterocycles. The van der Waals surface area contributed by atoms with Crippen LogP contribution in [0.15, 0.2) is 42.5 Å². The second-order valence-corrected chi connectivity index (χ2v) is 14.4. The van der Waals surface area contributed by atoms with E-state index < -0.39 is 21.3 Å². The molecule has 2 aromatic rings. The first-order valence-electron chi connectivity index (χ1n) is 16.2. The number of nitrogens with zero attached hydrogens (tertiary/aromatic N) is 2. The Labute approximate surface area is 282 Å². The Morgan fingerprint density at radius 1 is 1.06 bits per heavy atom. The number of carbonyl (C=O) groups excluding carboxylic acids is 4. The normalized spacial score (nSPS) is 19.9. The van der Waals surface area contributed by atoms with Gasteiger partial charge in [-0.1, -0.05) is 18.9 Å². The van der Waals surface area contributed by atoms with Crippen LogP contribution in [-0.2, 0) is 35.6 Å². The van der Waals surface area contributed by atoms with E-state index in [4.69, 9.17) is 14.2 Å². The molecule has 0 saturated heterocycles. The lowest BCUT2D eigenvalue weighted by Gasteiger charge is -2.32. The van der Waals surface area contributed by atoms with E-state index in [-0.39, 0.29) is 70.0 Å². The number of hydrogen-bond donors (Lipinski definition) is 2. The summed E-state index contributed by atoms with van der Waals surface area (Å²) in [6.07, 6.45) is 4.38. The molecule has 4 rings (SSSR count). The number of nitrogens with one attached hydrogen (secondary N) is 2. The third-order valence-corrected chi connectivity index (χ3v) is 9.84. The highest BCUT2D eigenvalue weighted by molar-refractivity contribution is 7.92. The van der Waals surface area contributed by atoms with Crippen molar-refractivity contribution in [3.05, 3.63) is 53.6 Å². The number of fused-ring (bicyclic) bond motifs is 2. The van der Waals surface area contributed by atoms with Crippen LogP contribution >= 0.6 is 0 Å². The molecule has 1 aliphatic carbocycles. The zero-order valence-electron chi connectivity index (χ0n) is 28.1. The largest absolute Gasteiger partial charge is 0.493 e.